The van der Waals surface area contributed by atoms with Crippen molar-refractivity contribution >= 4 is 24.3 Å². The summed E-state index contributed by atoms with van der Waals surface area (Å²) >= 11 is 4.12. The molecule has 0 fully saturated rings. The predicted molar refractivity (Wildman–Crippen MR) is 50.2 cm³/mol. The maximum absolute atomic E-state index is 10.5. The van der Waals surface area contributed by atoms with Crippen LogP contribution in [-0.4, -0.2) is 18.1 Å². The molecule has 0 bridgehead atoms. The van der Waals surface area contributed by atoms with Crippen molar-refractivity contribution in [3.8, 4) is 0 Å². The summed E-state index contributed by atoms with van der Waals surface area (Å²) < 4.78 is 0. The van der Waals surface area contributed by atoms with Crippen molar-refractivity contribution in [2.24, 2.45) is 0 Å². The first-order valence-electron chi connectivity index (χ1n) is 3.39. The van der Waals surface area contributed by atoms with Gasteiger partial charge in [-0.25, -0.2) is 4.79 Å². The molecule has 0 atom stereocenters. The van der Waals surface area contributed by atoms with Crippen LogP contribution < -0.4 is 5.32 Å². The fourth-order valence-corrected chi connectivity index (χ4v) is 1.20. The van der Waals surface area contributed by atoms with Crippen LogP contribution in [0.25, 0.3) is 0 Å². The molecule has 64 valence electrons. The third-order valence-electron chi connectivity index (χ3n) is 1.51. The van der Waals surface area contributed by atoms with E-state index in [1.807, 2.05) is 0 Å². The summed E-state index contributed by atoms with van der Waals surface area (Å²) in [4.78, 5) is 11.1. The van der Waals surface area contributed by atoms with E-state index in [-0.39, 0.29) is 5.56 Å². The van der Waals surface area contributed by atoms with Crippen LogP contribution in [0.4, 0.5) is 5.69 Å². The molecule has 0 saturated heterocycles. The number of benzene rings is 1. The number of nitrogens with one attached hydrogen (secondary N) is 1. The van der Waals surface area contributed by atoms with Gasteiger partial charge in [-0.1, -0.05) is 0 Å². The summed E-state index contributed by atoms with van der Waals surface area (Å²) in [7, 11) is 1.76. The Bertz CT molecular complexity index is 312. The van der Waals surface area contributed by atoms with Crippen molar-refractivity contribution in [3.05, 3.63) is 23.8 Å². The van der Waals surface area contributed by atoms with Crippen LogP contribution >= 0.6 is 12.6 Å². The van der Waals surface area contributed by atoms with Crippen LogP contribution in [0.15, 0.2) is 23.1 Å². The standard InChI is InChI=1S/C8H9NO2S/c1-9-6-3-2-5(8(10)11)4-7(6)12/h2-4,9,12H,1H3,(H,10,11). The molecule has 4 heteroatoms. The number of rotatable bonds is 2. The molecule has 0 heterocycles. The summed E-state index contributed by atoms with van der Waals surface area (Å²) in [6, 6.07) is 4.73. The number of aromatic carboxylic acids is 1. The molecule has 0 aromatic heterocycles. The molecule has 0 radical (unpaired) electrons. The number of carboxylic acids is 1. The lowest BCUT2D eigenvalue weighted by atomic mass is 10.2. The molecule has 2 N–H and O–H groups in total. The molecular formula is C8H9NO2S. The van der Waals surface area contributed by atoms with Gasteiger partial charge in [0, 0.05) is 17.6 Å². The van der Waals surface area contributed by atoms with Gasteiger partial charge in [0.15, 0.2) is 0 Å². The molecule has 0 spiro atoms. The largest absolute Gasteiger partial charge is 0.478 e. The van der Waals surface area contributed by atoms with Crippen LogP contribution in [0.1, 0.15) is 10.4 Å². The van der Waals surface area contributed by atoms with E-state index in [0.29, 0.717) is 4.90 Å². The van der Waals surface area contributed by atoms with Crippen LogP contribution in [-0.2, 0) is 0 Å². The van der Waals surface area contributed by atoms with Crippen LogP contribution in [0.2, 0.25) is 0 Å². The van der Waals surface area contributed by atoms with Crippen molar-refractivity contribution in [2.45, 2.75) is 4.90 Å². The van der Waals surface area contributed by atoms with Crippen molar-refractivity contribution in [1.82, 2.24) is 0 Å². The molecule has 12 heavy (non-hydrogen) atoms. The Morgan fingerprint density at radius 1 is 1.58 bits per heavy atom. The molecule has 3 nitrogen and oxygen atoms in total. The average molecular weight is 183 g/mol. The number of anilines is 1. The fraction of sp³-hybridized carbons (Fsp3) is 0.125. The Morgan fingerprint density at radius 2 is 2.25 bits per heavy atom. The number of hydrogen-bond acceptors (Lipinski definition) is 3. The minimum atomic E-state index is -0.937. The van der Waals surface area contributed by atoms with Crippen LogP contribution in [0.5, 0.6) is 0 Å². The molecule has 0 aliphatic heterocycles. The quantitative estimate of drug-likeness (QED) is 0.612. The normalized spacial score (nSPS) is 9.50. The van der Waals surface area contributed by atoms with Gasteiger partial charge in [0.25, 0.3) is 0 Å². The van der Waals surface area contributed by atoms with E-state index in [0.717, 1.165) is 5.69 Å². The van der Waals surface area contributed by atoms with Gasteiger partial charge in [-0.2, -0.15) is 0 Å². The summed E-state index contributed by atoms with van der Waals surface area (Å²) in [6.07, 6.45) is 0. The second-order valence-electron chi connectivity index (χ2n) is 2.29. The lowest BCUT2D eigenvalue weighted by Crippen LogP contribution is -1.97. The number of carboxylic acid groups (broad SMARTS) is 1. The lowest BCUT2D eigenvalue weighted by Gasteiger charge is -2.03. The van der Waals surface area contributed by atoms with Gasteiger partial charge >= 0.3 is 5.97 Å². The first kappa shape index (κ1) is 8.93. The van der Waals surface area contributed by atoms with Gasteiger partial charge in [0.05, 0.1) is 5.56 Å². The van der Waals surface area contributed by atoms with Crippen molar-refractivity contribution < 1.29 is 9.90 Å². The predicted octanol–water partition coefficient (Wildman–Crippen LogP) is 1.72. The number of thiol groups is 1. The minimum absolute atomic E-state index is 0.249. The zero-order chi connectivity index (χ0) is 9.14. The SMILES string of the molecule is CNc1ccc(C(=O)O)cc1S. The monoisotopic (exact) mass is 183 g/mol. The van der Waals surface area contributed by atoms with Crippen LogP contribution in [0, 0.1) is 0 Å². The van der Waals surface area contributed by atoms with Gasteiger partial charge in [-0.05, 0) is 18.2 Å². The highest BCUT2D eigenvalue weighted by Crippen LogP contribution is 2.20. The smallest absolute Gasteiger partial charge is 0.335 e. The Kier molecular flexibility index (Phi) is 2.60. The van der Waals surface area contributed by atoms with E-state index in [1.54, 1.807) is 13.1 Å². The molecule has 0 aliphatic carbocycles. The van der Waals surface area contributed by atoms with Gasteiger partial charge < -0.3 is 10.4 Å². The first-order valence-corrected chi connectivity index (χ1v) is 3.84. The average Bonchev–Trinajstić information content (AvgIpc) is 2.04. The first-order chi connectivity index (χ1) is 5.65. The summed E-state index contributed by atoms with van der Waals surface area (Å²) in [5, 5.41) is 11.5. The molecule has 0 amide bonds. The zero-order valence-electron chi connectivity index (χ0n) is 6.53. The van der Waals surface area contributed by atoms with E-state index < -0.39 is 5.97 Å². The van der Waals surface area contributed by atoms with E-state index in [9.17, 15) is 4.79 Å². The molecule has 1 aromatic rings. The molecule has 1 aromatic carbocycles. The van der Waals surface area contributed by atoms with Crippen LogP contribution in [0.3, 0.4) is 0 Å². The second-order valence-corrected chi connectivity index (χ2v) is 2.77. The van der Waals surface area contributed by atoms with Gasteiger partial charge in [0.2, 0.25) is 0 Å². The topological polar surface area (TPSA) is 49.3 Å². The molecule has 0 aliphatic rings. The van der Waals surface area contributed by atoms with Crippen molar-refractivity contribution in [1.29, 1.82) is 0 Å². The van der Waals surface area contributed by atoms with E-state index >= 15 is 0 Å². The highest BCUT2D eigenvalue weighted by Gasteiger charge is 2.04. The van der Waals surface area contributed by atoms with Gasteiger partial charge in [-0.3, -0.25) is 0 Å². The molecule has 1 rings (SSSR count). The lowest BCUT2D eigenvalue weighted by molar-refractivity contribution is 0.0696. The number of carbonyl (C=O) groups is 1. The molecule has 0 unspecified atom stereocenters. The second kappa shape index (κ2) is 3.49. The minimum Gasteiger partial charge on any atom is -0.478 e. The summed E-state index contributed by atoms with van der Waals surface area (Å²) in [5.41, 5.74) is 1.07. The highest BCUT2D eigenvalue weighted by molar-refractivity contribution is 7.80. The molecular weight excluding hydrogens is 174 g/mol. The fourth-order valence-electron chi connectivity index (χ4n) is 0.876. The zero-order valence-corrected chi connectivity index (χ0v) is 7.43. The Hall–Kier alpha value is -1.16. The molecule has 0 saturated carbocycles. The van der Waals surface area contributed by atoms with Crippen molar-refractivity contribution in [2.75, 3.05) is 12.4 Å². The Labute approximate surface area is 75.8 Å². The Balaban J connectivity index is 3.10. The van der Waals surface area contributed by atoms with Gasteiger partial charge in [0.1, 0.15) is 0 Å². The third-order valence-corrected chi connectivity index (χ3v) is 1.88. The maximum atomic E-state index is 10.5. The van der Waals surface area contributed by atoms with E-state index in [2.05, 4.69) is 17.9 Å². The van der Waals surface area contributed by atoms with E-state index in [4.69, 9.17) is 5.11 Å². The number of hydrogen-bond donors (Lipinski definition) is 3. The van der Waals surface area contributed by atoms with Crippen molar-refractivity contribution in [3.63, 3.8) is 0 Å². The van der Waals surface area contributed by atoms with E-state index in [1.165, 1.54) is 12.1 Å². The summed E-state index contributed by atoms with van der Waals surface area (Å²) in [5.74, 6) is -0.937. The van der Waals surface area contributed by atoms with Gasteiger partial charge in [-0.15, -0.1) is 12.6 Å². The highest BCUT2D eigenvalue weighted by atomic mass is 32.1. The Morgan fingerprint density at radius 3 is 2.67 bits per heavy atom. The summed E-state index contributed by atoms with van der Waals surface area (Å²) in [6.45, 7) is 0. The third kappa shape index (κ3) is 1.71. The maximum Gasteiger partial charge on any atom is 0.335 e.